The second-order valence-corrected chi connectivity index (χ2v) is 4.12. The molecule has 2 N–H and O–H groups in total. The molecule has 100 valence electrons. The largest absolute Gasteiger partial charge is 0.463 e. The lowest BCUT2D eigenvalue weighted by Crippen LogP contribution is -2.02. The number of unbranched alkanes of at least 4 members (excludes halogenated alkanes) is 6. The van der Waals surface area contributed by atoms with E-state index >= 15 is 0 Å². The minimum atomic E-state index is -1.16. The van der Waals surface area contributed by atoms with Crippen LogP contribution >= 0.6 is 0 Å². The van der Waals surface area contributed by atoms with Crippen molar-refractivity contribution in [3.63, 3.8) is 0 Å². The number of carbonyl (C=O) groups excluding carboxylic acids is 1. The zero-order valence-corrected chi connectivity index (χ0v) is 10.4. The molecule has 0 aliphatic rings. The van der Waals surface area contributed by atoms with Crippen LogP contribution in [0.25, 0.3) is 0 Å². The molecule has 0 saturated carbocycles. The van der Waals surface area contributed by atoms with Crippen LogP contribution in [0.4, 0.5) is 0 Å². The molecule has 4 nitrogen and oxygen atoms in total. The van der Waals surface area contributed by atoms with Crippen molar-refractivity contribution in [3.8, 4) is 0 Å². The highest BCUT2D eigenvalue weighted by Crippen LogP contribution is 2.09. The molecule has 0 saturated heterocycles. The summed E-state index contributed by atoms with van der Waals surface area (Å²) in [5, 5.41) is 17.2. The predicted molar refractivity (Wildman–Crippen MR) is 66.3 cm³/mol. The third-order valence-electron chi connectivity index (χ3n) is 2.52. The van der Waals surface area contributed by atoms with Gasteiger partial charge in [-0.2, -0.15) is 0 Å². The monoisotopic (exact) mass is 244 g/mol. The maximum atomic E-state index is 10.7. The summed E-state index contributed by atoms with van der Waals surface area (Å²) >= 11 is 0. The number of hydrogen-bond acceptors (Lipinski definition) is 4. The van der Waals surface area contributed by atoms with E-state index in [1.807, 2.05) is 0 Å². The van der Waals surface area contributed by atoms with Crippen LogP contribution in [0.15, 0.2) is 12.7 Å². The average Bonchev–Trinajstić information content (AvgIpc) is 2.30. The maximum Gasteiger partial charge on any atom is 0.330 e. The minimum absolute atomic E-state index is 0.354. The first kappa shape index (κ1) is 16.1. The quantitative estimate of drug-likeness (QED) is 0.253. The first-order valence-corrected chi connectivity index (χ1v) is 6.32. The number of aliphatic hydroxyl groups is 2. The normalized spacial score (nSPS) is 10.5. The fourth-order valence-electron chi connectivity index (χ4n) is 1.54. The first-order chi connectivity index (χ1) is 8.16. The number of hydrogen-bond donors (Lipinski definition) is 2. The van der Waals surface area contributed by atoms with E-state index in [0.29, 0.717) is 13.0 Å². The molecule has 0 aromatic heterocycles. The molecule has 0 aliphatic heterocycles. The molecule has 0 aliphatic carbocycles. The molecular weight excluding hydrogens is 220 g/mol. The van der Waals surface area contributed by atoms with Crippen molar-refractivity contribution >= 4 is 5.97 Å². The van der Waals surface area contributed by atoms with Crippen LogP contribution in [-0.2, 0) is 9.53 Å². The van der Waals surface area contributed by atoms with Crippen LogP contribution in [0.3, 0.4) is 0 Å². The van der Waals surface area contributed by atoms with Gasteiger partial charge in [-0.15, -0.1) is 0 Å². The summed E-state index contributed by atoms with van der Waals surface area (Å²) in [5.74, 6) is -0.354. The van der Waals surface area contributed by atoms with Crippen LogP contribution < -0.4 is 0 Å². The Labute approximate surface area is 103 Å². The SMILES string of the molecule is C=CC(=O)OCCCCCCCCCC(O)O. The summed E-state index contributed by atoms with van der Waals surface area (Å²) in [4.78, 5) is 10.7. The molecule has 0 radical (unpaired) electrons. The summed E-state index contributed by atoms with van der Waals surface area (Å²) in [6.07, 6.45) is 7.77. The highest BCUT2D eigenvalue weighted by molar-refractivity contribution is 5.81. The molecule has 0 heterocycles. The van der Waals surface area contributed by atoms with Crippen molar-refractivity contribution in [1.82, 2.24) is 0 Å². The Hall–Kier alpha value is -0.870. The molecule has 0 unspecified atom stereocenters. The molecule has 0 aromatic rings. The van der Waals surface area contributed by atoms with Gasteiger partial charge in [0.05, 0.1) is 6.61 Å². The summed E-state index contributed by atoms with van der Waals surface area (Å²) in [5.41, 5.74) is 0. The predicted octanol–water partition coefficient (Wildman–Crippen LogP) is 2.15. The van der Waals surface area contributed by atoms with Gasteiger partial charge >= 0.3 is 5.97 Å². The number of esters is 1. The highest BCUT2D eigenvalue weighted by Gasteiger charge is 1.97. The van der Waals surface area contributed by atoms with Gasteiger partial charge in [-0.3, -0.25) is 0 Å². The van der Waals surface area contributed by atoms with E-state index in [0.717, 1.165) is 44.9 Å². The van der Waals surface area contributed by atoms with E-state index in [4.69, 9.17) is 14.9 Å². The smallest absolute Gasteiger partial charge is 0.330 e. The second-order valence-electron chi connectivity index (χ2n) is 4.12. The number of aliphatic hydroxyl groups excluding tert-OH is 1. The van der Waals surface area contributed by atoms with Gasteiger partial charge in [0.1, 0.15) is 0 Å². The Kier molecular flexibility index (Phi) is 11.0. The molecule has 4 heteroatoms. The van der Waals surface area contributed by atoms with Crippen molar-refractivity contribution in [3.05, 3.63) is 12.7 Å². The van der Waals surface area contributed by atoms with E-state index < -0.39 is 6.29 Å². The summed E-state index contributed by atoms with van der Waals surface area (Å²) < 4.78 is 4.85. The lowest BCUT2D eigenvalue weighted by atomic mass is 10.1. The molecule has 0 fully saturated rings. The molecule has 17 heavy (non-hydrogen) atoms. The zero-order valence-electron chi connectivity index (χ0n) is 10.4. The van der Waals surface area contributed by atoms with Crippen molar-refractivity contribution in [2.24, 2.45) is 0 Å². The minimum Gasteiger partial charge on any atom is -0.463 e. The van der Waals surface area contributed by atoms with Crippen LogP contribution in [0.1, 0.15) is 51.4 Å². The molecular formula is C13H24O4. The third-order valence-corrected chi connectivity index (χ3v) is 2.52. The van der Waals surface area contributed by atoms with E-state index in [1.165, 1.54) is 6.08 Å². The molecule has 0 bridgehead atoms. The fourth-order valence-corrected chi connectivity index (χ4v) is 1.54. The van der Waals surface area contributed by atoms with Gasteiger partial charge in [-0.25, -0.2) is 4.79 Å². The Balaban J connectivity index is 3.03. The van der Waals surface area contributed by atoms with Gasteiger partial charge in [-0.1, -0.05) is 38.7 Å². The number of rotatable bonds is 11. The molecule has 0 aromatic carbocycles. The van der Waals surface area contributed by atoms with Gasteiger partial charge in [0, 0.05) is 6.08 Å². The lowest BCUT2D eigenvalue weighted by Gasteiger charge is -2.04. The second kappa shape index (κ2) is 11.6. The Morgan fingerprint density at radius 2 is 1.59 bits per heavy atom. The topological polar surface area (TPSA) is 66.8 Å². The maximum absolute atomic E-state index is 10.7. The number of carbonyl (C=O) groups is 1. The van der Waals surface area contributed by atoms with E-state index in [-0.39, 0.29) is 5.97 Å². The van der Waals surface area contributed by atoms with E-state index in [9.17, 15) is 4.79 Å². The Morgan fingerprint density at radius 3 is 2.12 bits per heavy atom. The number of ether oxygens (including phenoxy) is 1. The lowest BCUT2D eigenvalue weighted by molar-refractivity contribution is -0.137. The van der Waals surface area contributed by atoms with Gasteiger partial charge in [0.15, 0.2) is 6.29 Å². The van der Waals surface area contributed by atoms with Gasteiger partial charge in [-0.05, 0) is 19.3 Å². The Morgan fingerprint density at radius 1 is 1.06 bits per heavy atom. The van der Waals surface area contributed by atoms with Crippen molar-refractivity contribution < 1.29 is 19.7 Å². The molecule has 0 amide bonds. The van der Waals surface area contributed by atoms with E-state index in [1.54, 1.807) is 0 Å². The van der Waals surface area contributed by atoms with Crippen LogP contribution in [0.2, 0.25) is 0 Å². The summed E-state index contributed by atoms with van der Waals surface area (Å²) in [6.45, 7) is 3.79. The fraction of sp³-hybridized carbons (Fsp3) is 0.769. The highest BCUT2D eigenvalue weighted by atomic mass is 16.5. The van der Waals surface area contributed by atoms with Crippen LogP contribution in [0.5, 0.6) is 0 Å². The Bertz CT molecular complexity index is 202. The third kappa shape index (κ3) is 13.1. The zero-order chi connectivity index (χ0) is 12.9. The van der Waals surface area contributed by atoms with Crippen molar-refractivity contribution in [2.45, 2.75) is 57.7 Å². The summed E-state index contributed by atoms with van der Waals surface area (Å²) in [7, 11) is 0. The van der Waals surface area contributed by atoms with Crippen LogP contribution in [-0.4, -0.2) is 29.1 Å². The molecule has 0 atom stereocenters. The molecule has 0 rings (SSSR count). The van der Waals surface area contributed by atoms with Crippen molar-refractivity contribution in [2.75, 3.05) is 6.61 Å². The first-order valence-electron chi connectivity index (χ1n) is 6.32. The average molecular weight is 244 g/mol. The molecule has 0 spiro atoms. The van der Waals surface area contributed by atoms with Crippen molar-refractivity contribution in [1.29, 1.82) is 0 Å². The van der Waals surface area contributed by atoms with Gasteiger partial charge in [0.25, 0.3) is 0 Å². The van der Waals surface area contributed by atoms with Crippen LogP contribution in [0, 0.1) is 0 Å². The van der Waals surface area contributed by atoms with Gasteiger partial charge < -0.3 is 14.9 Å². The standard InChI is InChI=1S/C13H24O4/c1-2-13(16)17-11-9-7-5-3-4-6-8-10-12(14)15/h2,12,14-15H,1,3-11H2. The summed E-state index contributed by atoms with van der Waals surface area (Å²) in [6, 6.07) is 0. The van der Waals surface area contributed by atoms with E-state index in [2.05, 4.69) is 6.58 Å². The van der Waals surface area contributed by atoms with Gasteiger partial charge in [0.2, 0.25) is 0 Å².